The third kappa shape index (κ3) is 5.45. The highest BCUT2D eigenvalue weighted by Gasteiger charge is 2.27. The topological polar surface area (TPSA) is 79.0 Å². The first-order valence-corrected chi connectivity index (χ1v) is 10.3. The Bertz CT molecular complexity index is 873. The van der Waals surface area contributed by atoms with Crippen molar-refractivity contribution in [2.75, 3.05) is 32.8 Å². The molecule has 0 bridgehead atoms. The molecule has 1 aromatic heterocycles. The van der Waals surface area contributed by atoms with E-state index in [1.165, 1.54) is 11.3 Å². The predicted molar refractivity (Wildman–Crippen MR) is 111 cm³/mol. The Morgan fingerprint density at radius 3 is 2.34 bits per heavy atom. The van der Waals surface area contributed by atoms with Crippen molar-refractivity contribution in [3.05, 3.63) is 64.0 Å². The van der Waals surface area contributed by atoms with E-state index in [4.69, 9.17) is 4.74 Å². The minimum absolute atomic E-state index is 0.214. The van der Waals surface area contributed by atoms with Crippen LogP contribution in [0.25, 0.3) is 6.08 Å². The largest absolute Gasteiger partial charge is 0.450 e. The zero-order chi connectivity index (χ0) is 20.6. The number of benzene rings is 1. The lowest BCUT2D eigenvalue weighted by atomic mass is 10.2. The third-order valence-corrected chi connectivity index (χ3v) is 5.26. The molecule has 2 aromatic rings. The second-order valence-corrected chi connectivity index (χ2v) is 7.35. The summed E-state index contributed by atoms with van der Waals surface area (Å²) in [4.78, 5) is 41.6. The van der Waals surface area contributed by atoms with E-state index in [0.29, 0.717) is 38.3 Å². The first-order valence-electron chi connectivity index (χ1n) is 9.41. The number of carbonyl (C=O) groups excluding carboxylic acids is 3. The number of rotatable bonds is 5. The summed E-state index contributed by atoms with van der Waals surface area (Å²) in [5.41, 5.74) is 0.690. The normalized spacial score (nSPS) is 14.4. The van der Waals surface area contributed by atoms with Gasteiger partial charge in [-0.2, -0.15) is 0 Å². The minimum atomic E-state index is -0.369. The average Bonchev–Trinajstić information content (AvgIpc) is 3.27. The fraction of sp³-hybridized carbons (Fsp3) is 0.286. The molecule has 152 valence electrons. The Balaban J connectivity index is 1.72. The van der Waals surface area contributed by atoms with Gasteiger partial charge in [0.25, 0.3) is 11.8 Å². The monoisotopic (exact) mass is 413 g/mol. The molecular weight excluding hydrogens is 390 g/mol. The second-order valence-electron chi connectivity index (χ2n) is 6.37. The Morgan fingerprint density at radius 2 is 1.72 bits per heavy atom. The first kappa shape index (κ1) is 20.6. The SMILES string of the molecule is CCOC(=O)N1CCN(C(=O)C(=Cc2cccs2)NC(=O)c2ccccc2)CC1. The van der Waals surface area contributed by atoms with Crippen LogP contribution < -0.4 is 5.32 Å². The smallest absolute Gasteiger partial charge is 0.409 e. The zero-order valence-electron chi connectivity index (χ0n) is 16.2. The molecule has 8 heteroatoms. The van der Waals surface area contributed by atoms with E-state index < -0.39 is 0 Å². The molecular formula is C21H23N3O4S. The van der Waals surface area contributed by atoms with Gasteiger partial charge in [0.2, 0.25) is 0 Å². The van der Waals surface area contributed by atoms with Crippen LogP contribution >= 0.6 is 11.3 Å². The van der Waals surface area contributed by atoms with Gasteiger partial charge in [0, 0.05) is 36.6 Å². The van der Waals surface area contributed by atoms with E-state index in [1.807, 2.05) is 23.6 Å². The number of nitrogens with one attached hydrogen (secondary N) is 1. The summed E-state index contributed by atoms with van der Waals surface area (Å²) in [5.74, 6) is -0.613. The second kappa shape index (κ2) is 9.88. The molecule has 0 aliphatic carbocycles. The molecule has 1 aliphatic heterocycles. The Hall–Kier alpha value is -3.13. The molecule has 1 N–H and O–H groups in total. The highest BCUT2D eigenvalue weighted by Crippen LogP contribution is 2.15. The summed E-state index contributed by atoms with van der Waals surface area (Å²) in [6.07, 6.45) is 1.32. The van der Waals surface area contributed by atoms with Gasteiger partial charge in [-0.3, -0.25) is 9.59 Å². The maximum absolute atomic E-state index is 13.1. The standard InChI is InChI=1S/C21H23N3O4S/c1-2-28-21(27)24-12-10-23(11-13-24)20(26)18(15-17-9-6-14-29-17)22-19(25)16-7-4-3-5-8-16/h3-9,14-15H,2,10-13H2,1H3,(H,22,25). The maximum atomic E-state index is 13.1. The number of nitrogens with zero attached hydrogens (tertiary/aromatic N) is 2. The van der Waals surface area contributed by atoms with Crippen LogP contribution in [-0.4, -0.2) is 60.5 Å². The highest BCUT2D eigenvalue weighted by atomic mass is 32.1. The van der Waals surface area contributed by atoms with Crippen molar-refractivity contribution in [3.8, 4) is 0 Å². The number of thiophene rings is 1. The molecule has 1 saturated heterocycles. The molecule has 3 amide bonds. The molecule has 2 heterocycles. The van der Waals surface area contributed by atoms with Crippen LogP contribution in [-0.2, 0) is 9.53 Å². The fourth-order valence-electron chi connectivity index (χ4n) is 2.93. The van der Waals surface area contributed by atoms with E-state index in [0.717, 1.165) is 4.88 Å². The number of hydrogen-bond acceptors (Lipinski definition) is 5. The van der Waals surface area contributed by atoms with E-state index in [-0.39, 0.29) is 23.6 Å². The van der Waals surface area contributed by atoms with Crippen LogP contribution in [0.5, 0.6) is 0 Å². The molecule has 0 spiro atoms. The summed E-state index contributed by atoms with van der Waals surface area (Å²) in [6, 6.07) is 12.5. The lowest BCUT2D eigenvalue weighted by molar-refractivity contribution is -0.128. The Labute approximate surface area is 173 Å². The summed E-state index contributed by atoms with van der Waals surface area (Å²) in [6.45, 7) is 3.61. The van der Waals surface area contributed by atoms with Crippen LogP contribution in [0.3, 0.4) is 0 Å². The van der Waals surface area contributed by atoms with E-state index in [2.05, 4.69) is 5.32 Å². The van der Waals surface area contributed by atoms with Crippen LogP contribution in [0.2, 0.25) is 0 Å². The van der Waals surface area contributed by atoms with E-state index >= 15 is 0 Å². The molecule has 1 fully saturated rings. The number of ether oxygens (including phenoxy) is 1. The van der Waals surface area contributed by atoms with Crippen LogP contribution in [0.15, 0.2) is 53.5 Å². The van der Waals surface area contributed by atoms with Gasteiger partial charge in [-0.15, -0.1) is 11.3 Å². The molecule has 0 saturated carbocycles. The molecule has 3 rings (SSSR count). The van der Waals surface area contributed by atoms with Crippen LogP contribution in [0, 0.1) is 0 Å². The summed E-state index contributed by atoms with van der Waals surface area (Å²) < 4.78 is 5.01. The van der Waals surface area contributed by atoms with Crippen LogP contribution in [0.4, 0.5) is 4.79 Å². The van der Waals surface area contributed by atoms with Gasteiger partial charge < -0.3 is 19.9 Å². The van der Waals surface area contributed by atoms with Crippen molar-refractivity contribution in [1.29, 1.82) is 0 Å². The molecule has 29 heavy (non-hydrogen) atoms. The number of carbonyl (C=O) groups is 3. The average molecular weight is 413 g/mol. The van der Waals surface area contributed by atoms with Crippen molar-refractivity contribution in [2.24, 2.45) is 0 Å². The first-order chi connectivity index (χ1) is 14.1. The van der Waals surface area contributed by atoms with Crippen molar-refractivity contribution >= 4 is 35.3 Å². The number of hydrogen-bond donors (Lipinski definition) is 1. The van der Waals surface area contributed by atoms with Crippen molar-refractivity contribution in [2.45, 2.75) is 6.92 Å². The lowest BCUT2D eigenvalue weighted by Gasteiger charge is -2.34. The quantitative estimate of drug-likeness (QED) is 0.765. The van der Waals surface area contributed by atoms with Gasteiger partial charge >= 0.3 is 6.09 Å². The summed E-state index contributed by atoms with van der Waals surface area (Å²) >= 11 is 1.48. The summed E-state index contributed by atoms with van der Waals surface area (Å²) in [7, 11) is 0. The van der Waals surface area contributed by atoms with Gasteiger partial charge in [-0.1, -0.05) is 24.3 Å². The molecule has 0 unspecified atom stereocenters. The van der Waals surface area contributed by atoms with Gasteiger partial charge in [0.1, 0.15) is 5.70 Å². The molecule has 1 aliphatic rings. The Kier molecular flexibility index (Phi) is 7.02. The number of amides is 3. The van der Waals surface area contributed by atoms with Crippen molar-refractivity contribution in [3.63, 3.8) is 0 Å². The fourth-order valence-corrected chi connectivity index (χ4v) is 3.59. The lowest BCUT2D eigenvalue weighted by Crippen LogP contribution is -2.52. The summed E-state index contributed by atoms with van der Waals surface area (Å²) in [5, 5.41) is 4.66. The van der Waals surface area contributed by atoms with Gasteiger partial charge in [-0.25, -0.2) is 4.79 Å². The van der Waals surface area contributed by atoms with Gasteiger partial charge in [0.05, 0.1) is 6.61 Å². The van der Waals surface area contributed by atoms with Gasteiger partial charge in [0.15, 0.2) is 0 Å². The minimum Gasteiger partial charge on any atom is -0.450 e. The van der Waals surface area contributed by atoms with Crippen molar-refractivity contribution < 1.29 is 19.1 Å². The van der Waals surface area contributed by atoms with E-state index in [1.54, 1.807) is 47.1 Å². The molecule has 0 atom stereocenters. The molecule has 7 nitrogen and oxygen atoms in total. The zero-order valence-corrected chi connectivity index (χ0v) is 17.0. The van der Waals surface area contributed by atoms with Crippen molar-refractivity contribution in [1.82, 2.24) is 15.1 Å². The third-order valence-electron chi connectivity index (χ3n) is 4.44. The van der Waals surface area contributed by atoms with E-state index in [9.17, 15) is 14.4 Å². The molecule has 0 radical (unpaired) electrons. The Morgan fingerprint density at radius 1 is 1.03 bits per heavy atom. The highest BCUT2D eigenvalue weighted by molar-refractivity contribution is 7.10. The molecule has 1 aromatic carbocycles. The van der Waals surface area contributed by atoms with Gasteiger partial charge in [-0.05, 0) is 36.6 Å². The predicted octanol–water partition coefficient (Wildman–Crippen LogP) is 2.82. The maximum Gasteiger partial charge on any atom is 0.409 e. The van der Waals surface area contributed by atoms with Crippen LogP contribution in [0.1, 0.15) is 22.2 Å². The number of piperazine rings is 1.